The lowest BCUT2D eigenvalue weighted by molar-refractivity contribution is -0.384. The Bertz CT molecular complexity index is 567. The molecule has 0 spiro atoms. The maximum atomic E-state index is 10.7. The quantitative estimate of drug-likeness (QED) is 0.608. The van der Waals surface area contributed by atoms with Gasteiger partial charge in [-0.1, -0.05) is 37.4 Å². The van der Waals surface area contributed by atoms with E-state index < -0.39 is 4.92 Å². The predicted molar refractivity (Wildman–Crippen MR) is 77.5 cm³/mol. The molecule has 0 aliphatic heterocycles. The van der Waals surface area contributed by atoms with E-state index in [9.17, 15) is 15.4 Å². The summed E-state index contributed by atoms with van der Waals surface area (Å²) in [5.41, 5.74) is 0.437. The molecular formula is C15H17ClN2O2. The van der Waals surface area contributed by atoms with Crippen LogP contribution < -0.4 is 0 Å². The van der Waals surface area contributed by atoms with E-state index in [1.807, 2.05) is 0 Å². The molecule has 1 aliphatic rings. The molecule has 0 aromatic heterocycles. The van der Waals surface area contributed by atoms with E-state index in [2.05, 4.69) is 13.0 Å². The zero-order chi connectivity index (χ0) is 14.8. The molecule has 106 valence electrons. The van der Waals surface area contributed by atoms with Crippen LogP contribution in [0.5, 0.6) is 0 Å². The van der Waals surface area contributed by atoms with Crippen molar-refractivity contribution in [2.75, 3.05) is 0 Å². The van der Waals surface area contributed by atoms with Crippen molar-refractivity contribution in [1.29, 1.82) is 5.26 Å². The Labute approximate surface area is 123 Å². The van der Waals surface area contributed by atoms with Crippen LogP contribution in [0.2, 0.25) is 5.02 Å². The molecule has 20 heavy (non-hydrogen) atoms. The minimum Gasteiger partial charge on any atom is -0.258 e. The molecule has 1 saturated carbocycles. The Kier molecular flexibility index (Phi) is 4.29. The van der Waals surface area contributed by atoms with Crippen molar-refractivity contribution >= 4 is 17.3 Å². The molecule has 0 saturated heterocycles. The number of nitro benzene ring substituents is 1. The van der Waals surface area contributed by atoms with Crippen LogP contribution in [0.25, 0.3) is 0 Å². The van der Waals surface area contributed by atoms with E-state index in [0.29, 0.717) is 17.4 Å². The van der Waals surface area contributed by atoms with E-state index in [-0.39, 0.29) is 11.1 Å². The molecule has 2 atom stereocenters. The summed E-state index contributed by atoms with van der Waals surface area (Å²) in [4.78, 5) is 10.3. The van der Waals surface area contributed by atoms with Gasteiger partial charge in [0.15, 0.2) is 0 Å². The average molecular weight is 293 g/mol. The summed E-state index contributed by atoms with van der Waals surface area (Å²) in [6.45, 7) is 2.17. The Morgan fingerprint density at radius 3 is 2.90 bits per heavy atom. The summed E-state index contributed by atoms with van der Waals surface area (Å²) in [7, 11) is 0. The third-order valence-electron chi connectivity index (χ3n) is 4.10. The van der Waals surface area contributed by atoms with E-state index in [1.165, 1.54) is 12.1 Å². The normalized spacial score (nSPS) is 25.9. The summed E-state index contributed by atoms with van der Waals surface area (Å²) < 4.78 is 0. The third kappa shape index (κ3) is 3.10. The maximum Gasteiger partial charge on any atom is 0.270 e. The largest absolute Gasteiger partial charge is 0.270 e. The predicted octanol–water partition coefficient (Wildman–Crippen LogP) is 4.51. The number of benzene rings is 1. The second kappa shape index (κ2) is 5.80. The number of nitriles is 1. The van der Waals surface area contributed by atoms with E-state index >= 15 is 0 Å². The van der Waals surface area contributed by atoms with Gasteiger partial charge in [0.1, 0.15) is 0 Å². The topological polar surface area (TPSA) is 66.9 Å². The van der Waals surface area contributed by atoms with Crippen molar-refractivity contribution < 1.29 is 4.92 Å². The lowest BCUT2D eigenvalue weighted by Crippen LogP contribution is -2.28. The molecule has 2 rings (SSSR count). The van der Waals surface area contributed by atoms with Crippen molar-refractivity contribution in [2.24, 2.45) is 11.3 Å². The summed E-state index contributed by atoms with van der Waals surface area (Å²) >= 11 is 6.13. The van der Waals surface area contributed by atoms with Gasteiger partial charge < -0.3 is 0 Å². The summed E-state index contributed by atoms with van der Waals surface area (Å²) in [6, 6.07) is 6.97. The first kappa shape index (κ1) is 14.8. The Morgan fingerprint density at radius 1 is 1.60 bits per heavy atom. The Morgan fingerprint density at radius 2 is 2.35 bits per heavy atom. The molecule has 0 N–H and O–H groups in total. The number of nitro groups is 1. The number of non-ortho nitro benzene ring substituents is 1. The van der Waals surface area contributed by atoms with E-state index in [1.54, 1.807) is 6.07 Å². The van der Waals surface area contributed by atoms with Crippen LogP contribution in [0.3, 0.4) is 0 Å². The fourth-order valence-corrected chi connectivity index (χ4v) is 3.36. The first-order chi connectivity index (χ1) is 9.46. The highest BCUT2D eigenvalue weighted by Gasteiger charge is 2.35. The van der Waals surface area contributed by atoms with Crippen LogP contribution in [0.4, 0.5) is 5.69 Å². The molecular weight excluding hydrogens is 276 g/mol. The van der Waals surface area contributed by atoms with Gasteiger partial charge in [0.05, 0.1) is 21.4 Å². The van der Waals surface area contributed by atoms with Gasteiger partial charge in [-0.05, 0) is 30.7 Å². The van der Waals surface area contributed by atoms with Crippen molar-refractivity contribution in [3.63, 3.8) is 0 Å². The van der Waals surface area contributed by atoms with Crippen LogP contribution in [0, 0.1) is 32.8 Å². The van der Waals surface area contributed by atoms with Gasteiger partial charge in [-0.25, -0.2) is 0 Å². The molecule has 2 unspecified atom stereocenters. The Balaban J connectivity index is 2.24. The van der Waals surface area contributed by atoms with Gasteiger partial charge in [0, 0.05) is 12.1 Å². The maximum absolute atomic E-state index is 10.7. The smallest absolute Gasteiger partial charge is 0.258 e. The lowest BCUT2D eigenvalue weighted by atomic mass is 9.68. The number of halogens is 1. The molecule has 0 radical (unpaired) electrons. The first-order valence-electron chi connectivity index (χ1n) is 6.80. The van der Waals surface area contributed by atoms with Gasteiger partial charge >= 0.3 is 0 Å². The highest BCUT2D eigenvalue weighted by Crippen LogP contribution is 2.42. The summed E-state index contributed by atoms with van der Waals surface area (Å²) in [5.74, 6) is 0.542. The summed E-state index contributed by atoms with van der Waals surface area (Å²) in [6.07, 6.45) is 4.54. The van der Waals surface area contributed by atoms with Crippen molar-refractivity contribution in [3.8, 4) is 6.07 Å². The van der Waals surface area contributed by atoms with Crippen molar-refractivity contribution in [1.82, 2.24) is 0 Å². The first-order valence-corrected chi connectivity index (χ1v) is 7.18. The molecule has 0 amide bonds. The zero-order valence-electron chi connectivity index (χ0n) is 11.4. The molecule has 1 fully saturated rings. The third-order valence-corrected chi connectivity index (χ3v) is 4.46. The molecule has 4 nitrogen and oxygen atoms in total. The lowest BCUT2D eigenvalue weighted by Gasteiger charge is -2.34. The second-order valence-corrected chi connectivity index (χ2v) is 6.21. The highest BCUT2D eigenvalue weighted by molar-refractivity contribution is 6.31. The van der Waals surface area contributed by atoms with Gasteiger partial charge in [0.25, 0.3) is 5.69 Å². The molecule has 0 heterocycles. The highest BCUT2D eigenvalue weighted by atomic mass is 35.5. The van der Waals surface area contributed by atoms with E-state index in [0.717, 1.165) is 31.2 Å². The van der Waals surface area contributed by atoms with E-state index in [4.69, 9.17) is 11.6 Å². The summed E-state index contributed by atoms with van der Waals surface area (Å²) in [5, 5.41) is 20.6. The Hall–Kier alpha value is -1.60. The molecule has 0 bridgehead atoms. The standard InChI is InChI=1S/C15H17ClN2O2/c1-11-3-2-6-15(8-11,10-17)9-12-4-5-13(18(19)20)7-14(12)16/h4-5,7,11H,2-3,6,8-9H2,1H3. The fraction of sp³-hybridized carbons (Fsp3) is 0.533. The van der Waals surface area contributed by atoms with Crippen molar-refractivity contribution in [2.45, 2.75) is 39.0 Å². The number of hydrogen-bond donors (Lipinski definition) is 0. The van der Waals surface area contributed by atoms with Crippen LogP contribution >= 0.6 is 11.6 Å². The number of nitrogens with zero attached hydrogens (tertiary/aromatic N) is 2. The van der Waals surface area contributed by atoms with Crippen LogP contribution in [0.15, 0.2) is 18.2 Å². The van der Waals surface area contributed by atoms with Crippen molar-refractivity contribution in [3.05, 3.63) is 38.9 Å². The minimum atomic E-state index is -0.460. The van der Waals surface area contributed by atoms with Gasteiger partial charge in [0.2, 0.25) is 0 Å². The molecule has 1 aliphatic carbocycles. The fourth-order valence-electron chi connectivity index (χ4n) is 3.12. The van der Waals surface area contributed by atoms with Crippen LogP contribution in [0.1, 0.15) is 38.2 Å². The average Bonchev–Trinajstić information content (AvgIpc) is 2.41. The monoisotopic (exact) mass is 292 g/mol. The van der Waals surface area contributed by atoms with Crippen LogP contribution in [-0.2, 0) is 6.42 Å². The SMILES string of the molecule is CC1CCCC(C#N)(Cc2ccc([N+](=O)[O-])cc2Cl)C1. The van der Waals surface area contributed by atoms with Crippen LogP contribution in [-0.4, -0.2) is 4.92 Å². The van der Waals surface area contributed by atoms with Gasteiger partial charge in [-0.15, -0.1) is 0 Å². The van der Waals surface area contributed by atoms with Gasteiger partial charge in [-0.2, -0.15) is 5.26 Å². The molecule has 5 heteroatoms. The number of hydrogen-bond acceptors (Lipinski definition) is 3. The van der Waals surface area contributed by atoms with Gasteiger partial charge in [-0.3, -0.25) is 10.1 Å². The second-order valence-electron chi connectivity index (χ2n) is 5.80. The molecule has 1 aromatic carbocycles. The molecule has 1 aromatic rings. The zero-order valence-corrected chi connectivity index (χ0v) is 12.2. The number of rotatable bonds is 3. The minimum absolute atomic E-state index is 0.0123.